The Hall–Kier alpha value is -2.55. The Balaban J connectivity index is 3.83. The lowest BCUT2D eigenvalue weighted by atomic mass is 10.0. The molecule has 104 heavy (non-hydrogen) atoms. The molecule has 0 radical (unpaired) electrons. The molecule has 0 spiro atoms. The maximum absolute atomic E-state index is 13.0. The topological polar surface area (TPSA) is 108 Å². The molecule has 0 aromatic rings. The maximum atomic E-state index is 13.0. The van der Waals surface area contributed by atoms with Crippen molar-refractivity contribution < 1.29 is 42.1 Å². The van der Waals surface area contributed by atoms with Crippen molar-refractivity contribution in [1.82, 2.24) is 0 Å². The summed E-state index contributed by atoms with van der Waals surface area (Å²) in [5.41, 5.74) is 0. The van der Waals surface area contributed by atoms with Gasteiger partial charge in [0.05, 0.1) is 27.7 Å². The fourth-order valence-electron chi connectivity index (χ4n) is 13.8. The molecule has 0 aliphatic rings. The van der Waals surface area contributed by atoms with Crippen LogP contribution in [-0.4, -0.2) is 74.9 Å². The second kappa shape index (κ2) is 84.5. The van der Waals surface area contributed by atoms with Crippen LogP contribution in [0.5, 0.6) is 0 Å². The lowest BCUT2D eigenvalue weighted by Gasteiger charge is -2.24. The van der Waals surface area contributed by atoms with E-state index in [0.717, 1.165) is 64.2 Å². The van der Waals surface area contributed by atoms with Crippen molar-refractivity contribution in [2.24, 2.45) is 0 Å². The minimum Gasteiger partial charge on any atom is -0.462 e. The second-order valence-corrected chi connectivity index (χ2v) is 33.8. The molecule has 0 saturated carbocycles. The van der Waals surface area contributed by atoms with Crippen molar-refractivity contribution in [3.8, 4) is 0 Å². The number of hydrogen-bond acceptors (Lipinski definition) is 7. The number of unbranched alkanes of at least 4 members (excludes halogenated alkanes) is 60. The van der Waals surface area contributed by atoms with Crippen LogP contribution in [0.15, 0.2) is 72.9 Å². The van der Waals surface area contributed by atoms with Gasteiger partial charge in [0.2, 0.25) is 0 Å². The number of rotatable bonds is 86. The molecule has 2 unspecified atom stereocenters. The molecule has 0 aromatic carbocycles. The molecule has 1 N–H and O–H groups in total. The summed E-state index contributed by atoms with van der Waals surface area (Å²) in [5, 5.41) is 0. The van der Waals surface area contributed by atoms with E-state index in [-0.39, 0.29) is 25.6 Å². The Kier molecular flexibility index (Phi) is 82.4. The zero-order chi connectivity index (χ0) is 75.4. The molecule has 0 bridgehead atoms. The van der Waals surface area contributed by atoms with E-state index in [0.29, 0.717) is 23.9 Å². The van der Waals surface area contributed by atoms with Gasteiger partial charge in [-0.3, -0.25) is 18.6 Å². The fourth-order valence-corrected chi connectivity index (χ4v) is 14.6. The molecule has 0 heterocycles. The van der Waals surface area contributed by atoms with Gasteiger partial charge in [-0.05, 0) is 83.5 Å². The van der Waals surface area contributed by atoms with Gasteiger partial charge in [0.25, 0.3) is 0 Å². The molecule has 9 nitrogen and oxygen atoms in total. The third-order valence-electron chi connectivity index (χ3n) is 20.7. The van der Waals surface area contributed by atoms with Crippen molar-refractivity contribution in [1.29, 1.82) is 0 Å². The summed E-state index contributed by atoms with van der Waals surface area (Å²) in [6, 6.07) is 0. The molecule has 0 aliphatic heterocycles. The normalized spacial score (nSPS) is 13.2. The zero-order valence-electron chi connectivity index (χ0n) is 70.0. The number of phosphoric acid groups is 1. The van der Waals surface area contributed by atoms with E-state index < -0.39 is 26.5 Å². The number of hydrogen-bond donors (Lipinski definition) is 1. The van der Waals surface area contributed by atoms with Crippen molar-refractivity contribution in [2.75, 3.05) is 47.5 Å². The molecule has 0 rings (SSSR count). The smallest absolute Gasteiger partial charge is 0.462 e. The highest BCUT2D eigenvalue weighted by atomic mass is 31.2. The summed E-state index contributed by atoms with van der Waals surface area (Å²) in [4.78, 5) is 36.1. The monoisotopic (exact) mass is 1480 g/mol. The average Bonchev–Trinajstić information content (AvgIpc) is 0.920. The van der Waals surface area contributed by atoms with Crippen LogP contribution < -0.4 is 0 Å². The molecule has 0 amide bonds. The van der Waals surface area contributed by atoms with E-state index >= 15 is 0 Å². The molecular weight excluding hydrogens is 1300 g/mol. The first kappa shape index (κ1) is 101. The van der Waals surface area contributed by atoms with Crippen LogP contribution in [0, 0.1) is 0 Å². The first-order valence-electron chi connectivity index (χ1n) is 45.7. The SMILES string of the molecule is CC/C=C\C/C=C\C/C=C\C/C=C\C/C=C\CCCCCCCCCCCCCCCCCCCCCCCCCCCC(=O)OC(COC(=O)CCCCCCCCCCCCCCCCCCCCCCCCCCCCC/C=C\CCCCCCCCCC)COP(=O)(O)OCC[N+](C)(C)C. The number of ether oxygens (including phenoxy) is 2. The highest BCUT2D eigenvalue weighted by Crippen LogP contribution is 2.43. The van der Waals surface area contributed by atoms with Crippen molar-refractivity contribution >= 4 is 19.8 Å². The maximum Gasteiger partial charge on any atom is 0.472 e. The first-order chi connectivity index (χ1) is 51.0. The van der Waals surface area contributed by atoms with Crippen molar-refractivity contribution in [3.05, 3.63) is 72.9 Å². The van der Waals surface area contributed by atoms with Gasteiger partial charge in [-0.15, -0.1) is 0 Å². The average molecular weight is 1480 g/mol. The molecule has 0 fully saturated rings. The number of quaternary nitrogens is 1. The summed E-state index contributed by atoms with van der Waals surface area (Å²) < 4.78 is 34.9. The van der Waals surface area contributed by atoms with Crippen molar-refractivity contribution in [3.63, 3.8) is 0 Å². The molecular formula is C94H177NO8P+. The number of likely N-dealkylation sites (N-methyl/N-ethyl adjacent to an activating group) is 1. The number of allylic oxidation sites excluding steroid dienone is 12. The highest BCUT2D eigenvalue weighted by molar-refractivity contribution is 7.47. The van der Waals surface area contributed by atoms with Crippen LogP contribution in [0.2, 0.25) is 0 Å². The number of esters is 2. The summed E-state index contributed by atoms with van der Waals surface area (Å²) in [7, 11) is 1.50. The standard InChI is InChI=1S/C94H176NO8P/c1-6-8-10-12-14-16-18-20-22-24-26-28-30-32-34-36-38-40-42-44-46-47-49-51-53-55-57-59-61-63-65-67-69-71-73-75-77-79-81-83-85-87-94(97)103-92(91-102-104(98,99)101-89-88-95(3,4)5)90-100-93(96)86-84-82-80-78-76-74-72-70-68-66-64-62-60-58-56-54-52-50-48-45-43-41-39-37-35-33-31-29-27-25-23-21-19-17-15-13-11-9-7-2/h8,10,14,16,20,22,25-28,32,34,92H,6-7,9,11-13,15,17-19,21,23-24,29-31,33,35-91H2,1-5H3/p+1/b10-8-,16-14-,22-20-,27-25-,28-26-,34-32-. The van der Waals surface area contributed by atoms with E-state index in [1.54, 1.807) is 0 Å². The third kappa shape index (κ3) is 88.4. The van der Waals surface area contributed by atoms with Crippen LogP contribution in [0.3, 0.4) is 0 Å². The van der Waals surface area contributed by atoms with E-state index in [4.69, 9.17) is 18.5 Å². The predicted octanol–water partition coefficient (Wildman–Crippen LogP) is 31.0. The van der Waals surface area contributed by atoms with Gasteiger partial charge in [-0.25, -0.2) is 4.57 Å². The van der Waals surface area contributed by atoms with Crippen LogP contribution in [0.1, 0.15) is 463 Å². The van der Waals surface area contributed by atoms with E-state index in [2.05, 4.69) is 86.8 Å². The first-order valence-corrected chi connectivity index (χ1v) is 47.2. The Morgan fingerprint density at radius 1 is 0.308 bits per heavy atom. The molecule has 0 saturated heterocycles. The van der Waals surface area contributed by atoms with Crippen molar-refractivity contribution in [2.45, 2.75) is 469 Å². The lowest BCUT2D eigenvalue weighted by molar-refractivity contribution is -0.870. The van der Waals surface area contributed by atoms with Gasteiger partial charge in [0, 0.05) is 12.8 Å². The molecule has 2 atom stereocenters. The van der Waals surface area contributed by atoms with Gasteiger partial charge in [-0.2, -0.15) is 0 Å². The van der Waals surface area contributed by atoms with Crippen LogP contribution in [-0.2, 0) is 32.7 Å². The molecule has 0 aliphatic carbocycles. The number of nitrogens with zero attached hydrogens (tertiary/aromatic N) is 1. The zero-order valence-corrected chi connectivity index (χ0v) is 70.9. The van der Waals surface area contributed by atoms with E-state index in [9.17, 15) is 19.0 Å². The van der Waals surface area contributed by atoms with Gasteiger partial charge in [-0.1, -0.05) is 440 Å². The Morgan fingerprint density at radius 3 is 0.827 bits per heavy atom. The van der Waals surface area contributed by atoms with E-state index in [1.165, 1.54) is 366 Å². The summed E-state index contributed by atoms with van der Waals surface area (Å²) in [6.07, 6.45) is 117. The lowest BCUT2D eigenvalue weighted by Crippen LogP contribution is -2.37. The van der Waals surface area contributed by atoms with Crippen LogP contribution in [0.25, 0.3) is 0 Å². The summed E-state index contributed by atoms with van der Waals surface area (Å²) in [5.74, 6) is -0.770. The summed E-state index contributed by atoms with van der Waals surface area (Å²) >= 11 is 0. The van der Waals surface area contributed by atoms with Crippen LogP contribution in [0.4, 0.5) is 0 Å². The minimum atomic E-state index is -4.40. The molecule has 0 aromatic heterocycles. The highest BCUT2D eigenvalue weighted by Gasteiger charge is 2.27. The Bertz CT molecular complexity index is 1990. The fraction of sp³-hybridized carbons (Fsp3) is 0.851. The van der Waals surface area contributed by atoms with Gasteiger partial charge in [0.15, 0.2) is 6.10 Å². The van der Waals surface area contributed by atoms with Gasteiger partial charge >= 0.3 is 19.8 Å². The largest absolute Gasteiger partial charge is 0.472 e. The molecule has 610 valence electrons. The summed E-state index contributed by atoms with van der Waals surface area (Å²) in [6.45, 7) is 4.40. The third-order valence-corrected chi connectivity index (χ3v) is 21.7. The number of carbonyl (C=O) groups excluding carboxylic acids is 2. The molecule has 10 heteroatoms. The number of phosphoric ester groups is 1. The Labute approximate surface area is 648 Å². The predicted molar refractivity (Wildman–Crippen MR) is 455 cm³/mol. The number of carbonyl (C=O) groups is 2. The quantitative estimate of drug-likeness (QED) is 0.0211. The Morgan fingerprint density at radius 2 is 0.548 bits per heavy atom. The van der Waals surface area contributed by atoms with Gasteiger partial charge < -0.3 is 18.9 Å². The van der Waals surface area contributed by atoms with Gasteiger partial charge in [0.1, 0.15) is 19.8 Å². The minimum absolute atomic E-state index is 0.0345. The second-order valence-electron chi connectivity index (χ2n) is 32.3. The van der Waals surface area contributed by atoms with Crippen LogP contribution >= 0.6 is 7.82 Å². The van der Waals surface area contributed by atoms with E-state index in [1.807, 2.05) is 21.1 Å².